The third-order valence-electron chi connectivity index (χ3n) is 8.20. The van der Waals surface area contributed by atoms with Gasteiger partial charge in [-0.2, -0.15) is 15.0 Å². The van der Waals surface area contributed by atoms with Crippen LogP contribution in [0.3, 0.4) is 0 Å². The molecule has 0 spiro atoms. The van der Waals surface area contributed by atoms with Gasteiger partial charge in [-0.15, -0.1) is 0 Å². The van der Waals surface area contributed by atoms with Gasteiger partial charge in [-0.3, -0.25) is 0 Å². The van der Waals surface area contributed by atoms with Crippen molar-refractivity contribution in [2.24, 2.45) is 26.2 Å². The topological polar surface area (TPSA) is 389 Å². The molecule has 0 radical (unpaired) electrons. The molecule has 31 nitrogen and oxygen atoms in total. The highest BCUT2D eigenvalue weighted by Crippen LogP contribution is 2.17. The van der Waals surface area contributed by atoms with Gasteiger partial charge in [0.15, 0.2) is 0 Å². The first-order chi connectivity index (χ1) is 33.7. The minimum Gasteiger partial charge on any atom is -0.379 e. The van der Waals surface area contributed by atoms with Crippen LogP contribution in [0.5, 0.6) is 0 Å². The number of nitrogens with zero attached hydrogens (tertiary/aromatic N) is 17. The molecule has 31 heteroatoms. The van der Waals surface area contributed by atoms with Gasteiger partial charge in [0.25, 0.3) is 0 Å². The summed E-state index contributed by atoms with van der Waals surface area (Å²) in [7, 11) is 0. The van der Waals surface area contributed by atoms with Gasteiger partial charge in [0.05, 0.1) is 159 Å². The van der Waals surface area contributed by atoms with E-state index in [1.54, 1.807) is 0 Å². The van der Waals surface area contributed by atoms with E-state index in [0.717, 1.165) is 0 Å². The van der Waals surface area contributed by atoms with Crippen LogP contribution in [0.25, 0.3) is 41.8 Å². The highest BCUT2D eigenvalue weighted by molar-refractivity contribution is 5.45. The summed E-state index contributed by atoms with van der Waals surface area (Å²) < 4.78 is 67.5. The summed E-state index contributed by atoms with van der Waals surface area (Å²) in [5.41, 5.74) is 39.3. The molecule has 0 fully saturated rings. The van der Waals surface area contributed by atoms with Crippen molar-refractivity contribution < 1.29 is 56.8 Å². The average molecular weight is 974 g/mol. The van der Waals surface area contributed by atoms with Gasteiger partial charge in [-0.1, -0.05) is 20.5 Å². The van der Waals surface area contributed by atoms with Crippen molar-refractivity contribution >= 4 is 17.8 Å². The first-order valence-electron chi connectivity index (χ1n) is 22.4. The molecular weight excluding hydrogens is 903 g/mol. The molecule has 1 rings (SSSR count). The van der Waals surface area contributed by atoms with Crippen molar-refractivity contribution in [3.63, 3.8) is 0 Å². The molecule has 0 aliphatic carbocycles. The lowest BCUT2D eigenvalue weighted by Gasteiger charge is -2.27. The fourth-order valence-corrected chi connectivity index (χ4v) is 4.99. The molecular formula is C37H71N19O12. The SMILES string of the molecule is [N-]=[N+]=NCCOCCOCCOCCN(CCOCCOCCOCCN=[N+]=[N-])c1nc(NCCN)nc(N(CCOCCOCCOCCN=[N+]=[N-])CCOCCOCCOCCN=[N+]=[N-])n1. The first kappa shape index (κ1) is 61.1. The Balaban J connectivity index is 3.00. The molecule has 0 amide bonds. The molecule has 386 valence electrons. The molecule has 1 aromatic rings. The maximum Gasteiger partial charge on any atom is 0.232 e. The van der Waals surface area contributed by atoms with Crippen molar-refractivity contribution in [2.45, 2.75) is 0 Å². The second-order valence-electron chi connectivity index (χ2n) is 13.1. The largest absolute Gasteiger partial charge is 0.379 e. The highest BCUT2D eigenvalue weighted by atomic mass is 16.6. The normalized spacial score (nSPS) is 10.8. The number of hydrogen-bond acceptors (Lipinski definition) is 23. The van der Waals surface area contributed by atoms with Crippen molar-refractivity contribution in [3.8, 4) is 0 Å². The fourth-order valence-electron chi connectivity index (χ4n) is 4.99. The minimum atomic E-state index is 0.260. The van der Waals surface area contributed by atoms with Crippen LogP contribution in [0.1, 0.15) is 0 Å². The Kier molecular flexibility index (Phi) is 45.0. The third-order valence-corrected chi connectivity index (χ3v) is 8.20. The van der Waals surface area contributed by atoms with E-state index in [1.807, 2.05) is 9.80 Å². The van der Waals surface area contributed by atoms with E-state index >= 15 is 0 Å². The lowest BCUT2D eigenvalue weighted by Crippen LogP contribution is -2.36. The zero-order chi connectivity index (χ0) is 48.9. The van der Waals surface area contributed by atoms with Crippen molar-refractivity contribution in [1.82, 2.24) is 15.0 Å². The van der Waals surface area contributed by atoms with E-state index in [9.17, 15) is 0 Å². The molecule has 0 saturated carbocycles. The highest BCUT2D eigenvalue weighted by Gasteiger charge is 2.18. The quantitative estimate of drug-likeness (QED) is 0.0409. The molecule has 0 saturated heterocycles. The smallest absolute Gasteiger partial charge is 0.232 e. The predicted octanol–water partition coefficient (Wildman–Crippen LogP) is 2.30. The molecule has 0 unspecified atom stereocenters. The number of nitrogens with two attached hydrogens (primary N) is 1. The molecule has 68 heavy (non-hydrogen) atoms. The van der Waals surface area contributed by atoms with Gasteiger partial charge in [0.1, 0.15) is 0 Å². The van der Waals surface area contributed by atoms with Crippen LogP contribution in [0.2, 0.25) is 0 Å². The van der Waals surface area contributed by atoms with Crippen molar-refractivity contribution in [3.05, 3.63) is 41.8 Å². The van der Waals surface area contributed by atoms with E-state index in [-0.39, 0.29) is 26.2 Å². The molecule has 1 aromatic heterocycles. The Bertz CT molecular complexity index is 1350. The van der Waals surface area contributed by atoms with Crippen LogP contribution in [-0.2, 0) is 56.8 Å². The van der Waals surface area contributed by atoms with Crippen LogP contribution in [0.4, 0.5) is 17.8 Å². The zero-order valence-corrected chi connectivity index (χ0v) is 39.1. The maximum atomic E-state index is 8.37. The third kappa shape index (κ3) is 39.2. The van der Waals surface area contributed by atoms with E-state index in [2.05, 4.69) is 45.4 Å². The molecule has 0 bridgehead atoms. The number of rotatable bonds is 53. The van der Waals surface area contributed by atoms with Crippen molar-refractivity contribution in [1.29, 1.82) is 0 Å². The number of nitrogens with one attached hydrogen (secondary N) is 1. The van der Waals surface area contributed by atoms with Crippen LogP contribution in [-0.4, -0.2) is 239 Å². The van der Waals surface area contributed by atoms with Crippen molar-refractivity contribution in [2.75, 3.05) is 239 Å². The van der Waals surface area contributed by atoms with Gasteiger partial charge in [-0.25, -0.2) is 0 Å². The number of hydrogen-bond donors (Lipinski definition) is 2. The molecule has 3 N–H and O–H groups in total. The van der Waals surface area contributed by atoms with Gasteiger partial charge in [0.2, 0.25) is 17.8 Å². The summed E-state index contributed by atoms with van der Waals surface area (Å²) in [6.45, 7) is 11.7. The number of aromatic nitrogens is 3. The van der Waals surface area contributed by atoms with Crippen LogP contribution < -0.4 is 20.9 Å². The number of anilines is 3. The molecule has 0 aliphatic rings. The molecule has 0 aliphatic heterocycles. The van der Waals surface area contributed by atoms with E-state index in [0.29, 0.717) is 216 Å². The maximum absolute atomic E-state index is 8.37. The Morgan fingerprint density at radius 2 is 0.603 bits per heavy atom. The Morgan fingerprint density at radius 1 is 0.368 bits per heavy atom. The summed E-state index contributed by atoms with van der Waals surface area (Å²) in [4.78, 5) is 29.1. The summed E-state index contributed by atoms with van der Waals surface area (Å²) in [5.74, 6) is 1.08. The van der Waals surface area contributed by atoms with Crippen LogP contribution >= 0.6 is 0 Å². The van der Waals surface area contributed by atoms with Gasteiger partial charge in [-0.05, 0) is 22.1 Å². The van der Waals surface area contributed by atoms with E-state index in [1.165, 1.54) is 0 Å². The standard InChI is InChI=1S/C37H71N19O12/c38-1-2-43-35-48-36(55(7-15-61-23-31-65-27-19-57-11-3-44-51-39)8-16-62-24-32-66-28-20-58-12-4-45-52-40)50-37(49-35)56(9-17-63-25-33-67-29-21-59-13-5-46-53-41)10-18-64-26-34-68-30-22-60-14-6-47-54-42/h1-34,38H2,(H,43,48,49,50). The molecule has 1 heterocycles. The first-order valence-corrected chi connectivity index (χ1v) is 22.4. The Hall–Kier alpha value is -4.87. The average Bonchev–Trinajstić information content (AvgIpc) is 3.35. The van der Waals surface area contributed by atoms with Crippen LogP contribution in [0, 0.1) is 0 Å². The predicted molar refractivity (Wildman–Crippen MR) is 248 cm³/mol. The fraction of sp³-hybridized carbons (Fsp3) is 0.919. The molecule has 0 aromatic carbocycles. The molecule has 0 atom stereocenters. The second-order valence-corrected chi connectivity index (χ2v) is 13.1. The van der Waals surface area contributed by atoms with Gasteiger partial charge in [0, 0.05) is 85.1 Å². The summed E-state index contributed by atoms with van der Waals surface area (Å²) in [6.07, 6.45) is 0. The number of azide groups is 4. The van der Waals surface area contributed by atoms with E-state index in [4.69, 9.17) is 99.7 Å². The lowest BCUT2D eigenvalue weighted by molar-refractivity contribution is 0.0148. The van der Waals surface area contributed by atoms with E-state index < -0.39 is 0 Å². The van der Waals surface area contributed by atoms with Gasteiger partial charge < -0.3 is 77.7 Å². The van der Waals surface area contributed by atoms with Crippen LogP contribution in [0.15, 0.2) is 20.5 Å². The zero-order valence-electron chi connectivity index (χ0n) is 39.1. The Labute approximate surface area is 396 Å². The monoisotopic (exact) mass is 974 g/mol. The minimum absolute atomic E-state index is 0.260. The Morgan fingerprint density at radius 3 is 0.838 bits per heavy atom. The number of ether oxygens (including phenoxy) is 12. The van der Waals surface area contributed by atoms with Gasteiger partial charge >= 0.3 is 0 Å². The lowest BCUT2D eigenvalue weighted by atomic mass is 10.4. The summed E-state index contributed by atoms with van der Waals surface area (Å²) in [5, 5.41) is 16.9. The summed E-state index contributed by atoms with van der Waals surface area (Å²) >= 11 is 0. The summed E-state index contributed by atoms with van der Waals surface area (Å²) in [6, 6.07) is 0. The second kappa shape index (κ2) is 50.0.